The van der Waals surface area contributed by atoms with E-state index in [1.165, 1.54) is 16.8 Å². The fourth-order valence-electron chi connectivity index (χ4n) is 1.03. The average Bonchev–Trinajstić information content (AvgIpc) is 2.10. The summed E-state index contributed by atoms with van der Waals surface area (Å²) >= 11 is 7.89. The first-order chi connectivity index (χ1) is 6.56. The van der Waals surface area contributed by atoms with Crippen LogP contribution in [0.5, 0.6) is 0 Å². The van der Waals surface area contributed by atoms with Gasteiger partial charge in [0.1, 0.15) is 11.7 Å². The number of hydrogen-bond donors (Lipinski definition) is 1. The van der Waals surface area contributed by atoms with Crippen LogP contribution in [0.25, 0.3) is 0 Å². The van der Waals surface area contributed by atoms with Crippen molar-refractivity contribution in [3.05, 3.63) is 32.7 Å². The number of nitrogens with two attached hydrogens (primary N) is 1. The molecule has 14 heavy (non-hydrogen) atoms. The third kappa shape index (κ3) is 2.39. The molecule has 2 N–H and O–H groups in total. The lowest BCUT2D eigenvalue weighted by atomic mass is 10.3. The molecule has 0 amide bonds. The number of aromatic nitrogens is 1. The van der Waals surface area contributed by atoms with E-state index in [9.17, 15) is 9.18 Å². The molecule has 0 aliphatic rings. The zero-order chi connectivity index (χ0) is 10.7. The van der Waals surface area contributed by atoms with Crippen LogP contribution >= 0.6 is 28.1 Å². The molecule has 1 aromatic heterocycles. The summed E-state index contributed by atoms with van der Waals surface area (Å²) in [5, 5.41) is 0. The van der Waals surface area contributed by atoms with E-state index in [2.05, 4.69) is 15.9 Å². The van der Waals surface area contributed by atoms with Gasteiger partial charge in [0.25, 0.3) is 5.56 Å². The highest BCUT2D eigenvalue weighted by Crippen LogP contribution is 2.08. The number of alkyl halides is 1. The van der Waals surface area contributed by atoms with Crippen molar-refractivity contribution in [2.24, 2.45) is 5.73 Å². The van der Waals surface area contributed by atoms with Crippen LogP contribution in [0.15, 0.2) is 21.5 Å². The van der Waals surface area contributed by atoms with Gasteiger partial charge in [-0.3, -0.25) is 4.79 Å². The van der Waals surface area contributed by atoms with Crippen LogP contribution in [0.4, 0.5) is 4.39 Å². The summed E-state index contributed by atoms with van der Waals surface area (Å²) in [5.41, 5.74) is 5.21. The summed E-state index contributed by atoms with van der Waals surface area (Å²) in [7, 11) is 0. The number of hydrogen-bond acceptors (Lipinski definition) is 2. The van der Waals surface area contributed by atoms with E-state index in [4.69, 9.17) is 18.0 Å². The van der Waals surface area contributed by atoms with Gasteiger partial charge < -0.3 is 10.3 Å². The summed E-state index contributed by atoms with van der Waals surface area (Å²) in [6.45, 7) is -0.596. The van der Waals surface area contributed by atoms with Gasteiger partial charge in [-0.1, -0.05) is 12.2 Å². The minimum atomic E-state index is -0.604. The molecule has 0 saturated carbocycles. The molecule has 0 radical (unpaired) electrons. The Morgan fingerprint density at radius 2 is 2.36 bits per heavy atom. The first-order valence-corrected chi connectivity index (χ1v) is 5.02. The van der Waals surface area contributed by atoms with Crippen LogP contribution in [0.3, 0.4) is 0 Å². The van der Waals surface area contributed by atoms with Crippen LogP contribution in [-0.4, -0.2) is 16.2 Å². The minimum absolute atomic E-state index is 0.00782. The zero-order valence-electron chi connectivity index (χ0n) is 7.17. The Morgan fingerprint density at radius 1 is 1.71 bits per heavy atom. The molecule has 0 saturated heterocycles. The van der Waals surface area contributed by atoms with Crippen molar-refractivity contribution < 1.29 is 4.39 Å². The third-order valence-corrected chi connectivity index (χ3v) is 2.30. The first-order valence-electron chi connectivity index (χ1n) is 3.82. The van der Waals surface area contributed by atoms with Crippen LogP contribution in [-0.2, 0) is 6.54 Å². The second-order valence-corrected chi connectivity index (χ2v) is 3.98. The highest BCUT2D eigenvalue weighted by atomic mass is 79.9. The quantitative estimate of drug-likeness (QED) is 0.846. The summed E-state index contributed by atoms with van der Waals surface area (Å²) in [5.74, 6) is 0. The SMILES string of the molecule is NC(=S)c1cc(Br)cn(CCF)c1=O. The number of nitrogens with zero attached hydrogens (tertiary/aromatic N) is 1. The lowest BCUT2D eigenvalue weighted by molar-refractivity contribution is 0.440. The highest BCUT2D eigenvalue weighted by Gasteiger charge is 2.07. The van der Waals surface area contributed by atoms with Crippen molar-refractivity contribution in [2.75, 3.05) is 6.67 Å². The van der Waals surface area contributed by atoms with Gasteiger partial charge in [-0.05, 0) is 22.0 Å². The minimum Gasteiger partial charge on any atom is -0.389 e. The molecule has 0 fully saturated rings. The van der Waals surface area contributed by atoms with Crippen molar-refractivity contribution >= 4 is 33.1 Å². The number of rotatable bonds is 3. The molecule has 6 heteroatoms. The fraction of sp³-hybridized carbons (Fsp3) is 0.250. The van der Waals surface area contributed by atoms with E-state index < -0.39 is 6.67 Å². The molecule has 0 aliphatic carbocycles. The predicted octanol–water partition coefficient (Wildman–Crippen LogP) is 1.21. The molecule has 0 unspecified atom stereocenters. The van der Waals surface area contributed by atoms with Gasteiger partial charge in [0.05, 0.1) is 12.1 Å². The van der Waals surface area contributed by atoms with E-state index in [0.29, 0.717) is 4.47 Å². The van der Waals surface area contributed by atoms with E-state index in [1.54, 1.807) is 0 Å². The molecule has 0 bridgehead atoms. The molecule has 76 valence electrons. The first kappa shape index (κ1) is 11.3. The molecule has 3 nitrogen and oxygen atoms in total. The second kappa shape index (κ2) is 4.65. The molecule has 0 spiro atoms. The lowest BCUT2D eigenvalue weighted by Gasteiger charge is -2.06. The van der Waals surface area contributed by atoms with Crippen LogP contribution in [0.1, 0.15) is 5.56 Å². The van der Waals surface area contributed by atoms with Crippen molar-refractivity contribution in [3.63, 3.8) is 0 Å². The maximum atomic E-state index is 12.1. The van der Waals surface area contributed by atoms with Crippen molar-refractivity contribution in [3.8, 4) is 0 Å². The van der Waals surface area contributed by atoms with E-state index in [0.717, 1.165) is 0 Å². The number of aryl methyl sites for hydroxylation is 1. The van der Waals surface area contributed by atoms with Crippen LogP contribution in [0.2, 0.25) is 0 Å². The molecule has 1 rings (SSSR count). The second-order valence-electron chi connectivity index (χ2n) is 2.62. The monoisotopic (exact) mass is 278 g/mol. The summed E-state index contributed by atoms with van der Waals surface area (Å²) < 4.78 is 14.0. The molecular formula is C8H8BrFN2OS. The Labute approximate surface area is 93.8 Å². The fourth-order valence-corrected chi connectivity index (χ4v) is 1.66. The maximum absolute atomic E-state index is 12.1. The van der Waals surface area contributed by atoms with Crippen molar-refractivity contribution in [1.29, 1.82) is 0 Å². The van der Waals surface area contributed by atoms with E-state index in [1.807, 2.05) is 0 Å². The van der Waals surface area contributed by atoms with Gasteiger partial charge in [0.15, 0.2) is 0 Å². The largest absolute Gasteiger partial charge is 0.389 e. The maximum Gasteiger partial charge on any atom is 0.260 e. The van der Waals surface area contributed by atoms with E-state index >= 15 is 0 Å². The number of halogens is 2. The molecule has 1 heterocycles. The Morgan fingerprint density at radius 3 is 2.86 bits per heavy atom. The Hall–Kier alpha value is -0.750. The van der Waals surface area contributed by atoms with Crippen LogP contribution in [0, 0.1) is 0 Å². The normalized spacial score (nSPS) is 10.1. The Kier molecular flexibility index (Phi) is 3.77. The standard InChI is InChI=1S/C8H8BrFN2OS/c9-5-3-6(7(11)14)8(13)12(4-5)2-1-10/h3-4H,1-2H2,(H2,11,14). The summed E-state index contributed by atoms with van der Waals surface area (Å²) in [6, 6.07) is 1.53. The van der Waals surface area contributed by atoms with Gasteiger partial charge in [-0.25, -0.2) is 4.39 Å². The molecule has 0 aromatic carbocycles. The van der Waals surface area contributed by atoms with Gasteiger partial charge in [-0.2, -0.15) is 0 Å². The smallest absolute Gasteiger partial charge is 0.260 e. The lowest BCUT2D eigenvalue weighted by Crippen LogP contribution is -2.29. The van der Waals surface area contributed by atoms with Crippen molar-refractivity contribution in [2.45, 2.75) is 6.54 Å². The topological polar surface area (TPSA) is 48.0 Å². The zero-order valence-corrected chi connectivity index (χ0v) is 9.57. The van der Waals surface area contributed by atoms with Crippen LogP contribution < -0.4 is 11.3 Å². The van der Waals surface area contributed by atoms with Gasteiger partial charge >= 0.3 is 0 Å². The molecular weight excluding hydrogens is 271 g/mol. The molecule has 0 atom stereocenters. The average molecular weight is 279 g/mol. The van der Waals surface area contributed by atoms with Gasteiger partial charge in [0, 0.05) is 10.7 Å². The molecule has 1 aromatic rings. The van der Waals surface area contributed by atoms with E-state index in [-0.39, 0.29) is 22.7 Å². The van der Waals surface area contributed by atoms with Gasteiger partial charge in [0.2, 0.25) is 0 Å². The third-order valence-electron chi connectivity index (χ3n) is 1.64. The molecule has 0 aliphatic heterocycles. The van der Waals surface area contributed by atoms with Gasteiger partial charge in [-0.15, -0.1) is 0 Å². The Bertz CT molecular complexity index is 418. The predicted molar refractivity (Wildman–Crippen MR) is 60.3 cm³/mol. The summed E-state index contributed by atoms with van der Waals surface area (Å²) in [4.78, 5) is 11.6. The van der Waals surface area contributed by atoms with Crippen molar-refractivity contribution in [1.82, 2.24) is 4.57 Å². The highest BCUT2D eigenvalue weighted by molar-refractivity contribution is 9.10. The Balaban J connectivity index is 3.32. The summed E-state index contributed by atoms with van der Waals surface area (Å²) in [6.07, 6.45) is 1.50. The number of thiocarbonyl (C=S) groups is 1. The number of pyridine rings is 1.